The van der Waals surface area contributed by atoms with Gasteiger partial charge in [0.1, 0.15) is 12.3 Å². The van der Waals surface area contributed by atoms with Gasteiger partial charge in [-0.15, -0.1) is 0 Å². The van der Waals surface area contributed by atoms with Crippen LogP contribution in [0, 0.1) is 5.92 Å². The molecule has 3 heterocycles. The number of fused-ring (bicyclic) bond motifs is 6. The summed E-state index contributed by atoms with van der Waals surface area (Å²) < 4.78 is 6.01. The predicted octanol–water partition coefficient (Wildman–Crippen LogP) is 3.03. The minimum atomic E-state index is -0.672. The maximum Gasteiger partial charge on any atom is 0.240 e. The van der Waals surface area contributed by atoms with Crippen molar-refractivity contribution in [2.75, 3.05) is 37.7 Å². The fourth-order valence-corrected chi connectivity index (χ4v) is 5.90. The van der Waals surface area contributed by atoms with Crippen LogP contribution < -0.4 is 15.0 Å². The average molecular weight is 432 g/mol. The van der Waals surface area contributed by atoms with Gasteiger partial charge in [-0.25, -0.2) is 0 Å². The van der Waals surface area contributed by atoms with Crippen molar-refractivity contribution in [1.29, 1.82) is 0 Å². The Hall–Kier alpha value is -2.86. The van der Waals surface area contributed by atoms with E-state index in [-0.39, 0.29) is 24.4 Å². The van der Waals surface area contributed by atoms with Crippen molar-refractivity contribution in [3.8, 4) is 5.75 Å². The van der Waals surface area contributed by atoms with E-state index in [0.717, 1.165) is 54.4 Å². The second kappa shape index (κ2) is 7.62. The van der Waals surface area contributed by atoms with Crippen LogP contribution >= 0.6 is 0 Å². The van der Waals surface area contributed by atoms with E-state index in [1.807, 2.05) is 30.3 Å². The molecule has 1 N–H and O–H groups in total. The van der Waals surface area contributed by atoms with Crippen LogP contribution in [-0.4, -0.2) is 49.5 Å². The van der Waals surface area contributed by atoms with Crippen molar-refractivity contribution in [2.24, 2.45) is 5.92 Å². The van der Waals surface area contributed by atoms with Gasteiger partial charge >= 0.3 is 0 Å². The van der Waals surface area contributed by atoms with E-state index in [1.165, 1.54) is 12.8 Å². The predicted molar refractivity (Wildman–Crippen MR) is 122 cm³/mol. The summed E-state index contributed by atoms with van der Waals surface area (Å²) in [6, 6.07) is 16.3. The fraction of sp³-hybridized carbons (Fsp3) is 0.462. The molecule has 4 bridgehead atoms. The van der Waals surface area contributed by atoms with Gasteiger partial charge in [-0.1, -0.05) is 30.3 Å². The average Bonchev–Trinajstić information content (AvgIpc) is 3.50. The third kappa shape index (κ3) is 3.12. The minimum absolute atomic E-state index is 0.0560. The number of carbonyl (C=O) groups excluding carboxylic acids is 2. The zero-order valence-corrected chi connectivity index (χ0v) is 18.3. The maximum atomic E-state index is 14.2. The van der Waals surface area contributed by atoms with Gasteiger partial charge in [-0.3, -0.25) is 14.5 Å². The summed E-state index contributed by atoms with van der Waals surface area (Å²) in [5, 5.41) is 2.95. The van der Waals surface area contributed by atoms with Crippen molar-refractivity contribution < 1.29 is 14.3 Å². The van der Waals surface area contributed by atoms with Crippen LogP contribution in [0.5, 0.6) is 5.75 Å². The molecule has 1 saturated heterocycles. The van der Waals surface area contributed by atoms with E-state index < -0.39 is 5.41 Å². The number of hydrogen-bond donors (Lipinski definition) is 1. The number of nitrogens with one attached hydrogen (secondary N) is 1. The number of rotatable bonds is 2. The lowest BCUT2D eigenvalue weighted by Crippen LogP contribution is -2.47. The Morgan fingerprint density at radius 3 is 2.84 bits per heavy atom. The Labute approximate surface area is 188 Å². The van der Waals surface area contributed by atoms with E-state index in [0.29, 0.717) is 13.2 Å². The smallest absolute Gasteiger partial charge is 0.240 e. The lowest BCUT2D eigenvalue weighted by Gasteiger charge is -2.35. The van der Waals surface area contributed by atoms with Gasteiger partial charge in [0.05, 0.1) is 18.1 Å². The van der Waals surface area contributed by atoms with E-state index in [1.54, 1.807) is 4.90 Å². The van der Waals surface area contributed by atoms with Gasteiger partial charge in [-0.05, 0) is 60.9 Å². The highest BCUT2D eigenvalue weighted by Gasteiger charge is 2.61. The lowest BCUT2D eigenvalue weighted by atomic mass is 9.72. The molecule has 0 radical (unpaired) electrons. The first-order valence-corrected chi connectivity index (χ1v) is 11.8. The van der Waals surface area contributed by atoms with Gasteiger partial charge in [0, 0.05) is 25.3 Å². The highest BCUT2D eigenvalue weighted by Crippen LogP contribution is 2.57. The SMILES string of the molecule is O=C1CN2C(=O)[C@]3(CCN(CC4CC4)[C@H]3c3cccc(c3)OCCCN1)c1ccccc12. The van der Waals surface area contributed by atoms with Crippen LogP contribution in [0.4, 0.5) is 5.69 Å². The van der Waals surface area contributed by atoms with E-state index >= 15 is 0 Å². The van der Waals surface area contributed by atoms with Gasteiger partial charge in [-0.2, -0.15) is 0 Å². The van der Waals surface area contributed by atoms with Crippen molar-refractivity contribution in [3.63, 3.8) is 0 Å². The maximum absolute atomic E-state index is 14.2. The first-order chi connectivity index (χ1) is 15.7. The van der Waals surface area contributed by atoms with Crippen LogP contribution in [0.25, 0.3) is 0 Å². The number of likely N-dealkylation sites (tertiary alicyclic amines) is 1. The second-order valence-electron chi connectivity index (χ2n) is 9.60. The first-order valence-electron chi connectivity index (χ1n) is 11.8. The van der Waals surface area contributed by atoms with Crippen molar-refractivity contribution in [1.82, 2.24) is 10.2 Å². The Balaban J connectivity index is 1.52. The van der Waals surface area contributed by atoms with Crippen LogP contribution in [0.3, 0.4) is 0 Å². The van der Waals surface area contributed by atoms with Crippen molar-refractivity contribution in [3.05, 3.63) is 59.7 Å². The minimum Gasteiger partial charge on any atom is -0.494 e. The van der Waals surface area contributed by atoms with Crippen LogP contribution in [0.1, 0.15) is 42.9 Å². The molecule has 6 rings (SSSR count). The molecule has 2 amide bonds. The van der Waals surface area contributed by atoms with E-state index in [9.17, 15) is 9.59 Å². The largest absolute Gasteiger partial charge is 0.494 e. The monoisotopic (exact) mass is 431 g/mol. The summed E-state index contributed by atoms with van der Waals surface area (Å²) in [6.07, 6.45) is 4.04. The van der Waals surface area contributed by atoms with E-state index in [4.69, 9.17) is 4.74 Å². The molecule has 0 aromatic heterocycles. The topological polar surface area (TPSA) is 61.9 Å². The standard InChI is InChI=1S/C26H29N3O3/c30-23-17-29-22-8-2-1-7-21(22)26(25(29)31)11-13-28(16-18-9-10-18)24(26)19-5-3-6-20(15-19)32-14-4-12-27-23/h1-3,5-8,15,18,24H,4,9-14,16-17H2,(H,27,30)/t24-,26+/m0/s1. The molecule has 2 aromatic rings. The highest BCUT2D eigenvalue weighted by atomic mass is 16.5. The normalized spacial score (nSPS) is 27.9. The molecule has 1 saturated carbocycles. The molecule has 1 spiro atoms. The molecule has 2 fully saturated rings. The first kappa shape index (κ1) is 19.8. The number of benzene rings is 2. The number of para-hydroxylation sites is 1. The molecule has 6 heteroatoms. The van der Waals surface area contributed by atoms with Crippen LogP contribution in [-0.2, 0) is 15.0 Å². The quantitative estimate of drug-likeness (QED) is 0.794. The van der Waals surface area contributed by atoms with Gasteiger partial charge in [0.25, 0.3) is 0 Å². The molecule has 2 aromatic carbocycles. The van der Waals surface area contributed by atoms with Crippen molar-refractivity contribution in [2.45, 2.75) is 37.1 Å². The van der Waals surface area contributed by atoms with E-state index in [2.05, 4.69) is 28.4 Å². The Bertz CT molecular complexity index is 1070. The van der Waals surface area contributed by atoms with Crippen molar-refractivity contribution >= 4 is 17.5 Å². The Morgan fingerprint density at radius 1 is 1.09 bits per heavy atom. The highest BCUT2D eigenvalue weighted by molar-refractivity contribution is 6.11. The fourth-order valence-electron chi connectivity index (χ4n) is 5.90. The zero-order valence-electron chi connectivity index (χ0n) is 18.3. The molecule has 1 aliphatic carbocycles. The molecule has 3 aliphatic heterocycles. The number of nitrogens with zero attached hydrogens (tertiary/aromatic N) is 2. The molecule has 6 nitrogen and oxygen atoms in total. The number of anilines is 1. The second-order valence-corrected chi connectivity index (χ2v) is 9.60. The lowest BCUT2D eigenvalue weighted by molar-refractivity contribution is -0.127. The third-order valence-corrected chi connectivity index (χ3v) is 7.50. The van der Waals surface area contributed by atoms with Gasteiger partial charge in [0.2, 0.25) is 11.8 Å². The van der Waals surface area contributed by atoms with Crippen LogP contribution in [0.15, 0.2) is 48.5 Å². The summed E-state index contributed by atoms with van der Waals surface area (Å²) in [5.74, 6) is 1.49. The van der Waals surface area contributed by atoms with Gasteiger partial charge < -0.3 is 15.0 Å². The van der Waals surface area contributed by atoms with Gasteiger partial charge in [0.15, 0.2) is 0 Å². The Kier molecular flexibility index (Phi) is 4.72. The molecule has 0 unspecified atom stereocenters. The number of carbonyl (C=O) groups is 2. The van der Waals surface area contributed by atoms with Crippen LogP contribution in [0.2, 0.25) is 0 Å². The zero-order chi connectivity index (χ0) is 21.7. The summed E-state index contributed by atoms with van der Waals surface area (Å²) in [6.45, 7) is 3.05. The molecular formula is C26H29N3O3. The number of hydrogen-bond acceptors (Lipinski definition) is 4. The third-order valence-electron chi connectivity index (χ3n) is 7.50. The summed E-state index contributed by atoms with van der Waals surface area (Å²) >= 11 is 0. The summed E-state index contributed by atoms with van der Waals surface area (Å²) in [5.41, 5.74) is 2.40. The summed E-state index contributed by atoms with van der Waals surface area (Å²) in [7, 11) is 0. The summed E-state index contributed by atoms with van der Waals surface area (Å²) in [4.78, 5) is 31.2. The molecule has 32 heavy (non-hydrogen) atoms. The molecular weight excluding hydrogens is 402 g/mol. The Morgan fingerprint density at radius 2 is 1.97 bits per heavy atom. The number of amides is 2. The molecule has 4 aliphatic rings. The molecule has 166 valence electrons. The number of ether oxygens (including phenoxy) is 1. The molecule has 2 atom stereocenters.